The average molecular weight is 326 g/mol. The summed E-state index contributed by atoms with van der Waals surface area (Å²) in [6, 6.07) is 7.66. The molecule has 0 saturated carbocycles. The van der Waals surface area contributed by atoms with Crippen molar-refractivity contribution in [2.24, 2.45) is 0 Å². The minimum Gasteiger partial charge on any atom is -0.358 e. The van der Waals surface area contributed by atoms with Gasteiger partial charge in [-0.2, -0.15) is 14.6 Å². The van der Waals surface area contributed by atoms with E-state index in [1.807, 2.05) is 6.92 Å². The Morgan fingerprint density at radius 1 is 1.33 bits per heavy atom. The SMILES string of the molecule is Cc1cc(NC2CCN(c3ccccc3F)C2=O)n2ncnc2n1. The van der Waals surface area contributed by atoms with E-state index in [4.69, 9.17) is 0 Å². The second-order valence-electron chi connectivity index (χ2n) is 5.68. The lowest BCUT2D eigenvalue weighted by molar-refractivity contribution is -0.117. The lowest BCUT2D eigenvalue weighted by Gasteiger charge is -2.18. The van der Waals surface area contributed by atoms with Crippen LogP contribution >= 0.6 is 0 Å². The Labute approximate surface area is 137 Å². The summed E-state index contributed by atoms with van der Waals surface area (Å²) >= 11 is 0. The molecule has 4 rings (SSSR count). The summed E-state index contributed by atoms with van der Waals surface area (Å²) in [6.07, 6.45) is 1.99. The first-order valence-corrected chi connectivity index (χ1v) is 7.63. The number of amides is 1. The normalized spacial score (nSPS) is 17.7. The summed E-state index contributed by atoms with van der Waals surface area (Å²) < 4.78 is 15.5. The molecule has 3 aromatic rings. The molecular formula is C16H15FN6O. The number of nitrogens with zero attached hydrogens (tertiary/aromatic N) is 5. The summed E-state index contributed by atoms with van der Waals surface area (Å²) in [5.41, 5.74) is 1.08. The number of para-hydroxylation sites is 1. The molecule has 3 heterocycles. The predicted octanol–water partition coefficient (Wildman–Crippen LogP) is 1.79. The second kappa shape index (κ2) is 5.55. The Balaban J connectivity index is 1.61. The number of hydrogen-bond acceptors (Lipinski definition) is 5. The number of rotatable bonds is 3. The van der Waals surface area contributed by atoms with Crippen LogP contribution in [0.15, 0.2) is 36.7 Å². The highest BCUT2D eigenvalue weighted by atomic mass is 19.1. The van der Waals surface area contributed by atoms with Crippen LogP contribution in [0, 0.1) is 12.7 Å². The number of halogens is 1. The summed E-state index contributed by atoms with van der Waals surface area (Å²) in [5, 5.41) is 7.30. The van der Waals surface area contributed by atoms with Gasteiger partial charge in [0.05, 0.1) is 5.69 Å². The van der Waals surface area contributed by atoms with Crippen molar-refractivity contribution >= 4 is 23.2 Å². The lowest BCUT2D eigenvalue weighted by Crippen LogP contribution is -2.34. The molecule has 1 atom stereocenters. The Morgan fingerprint density at radius 3 is 3.00 bits per heavy atom. The quantitative estimate of drug-likeness (QED) is 0.794. The van der Waals surface area contributed by atoms with Gasteiger partial charge in [-0.3, -0.25) is 4.79 Å². The summed E-state index contributed by atoms with van der Waals surface area (Å²) in [7, 11) is 0. The molecule has 1 aliphatic heterocycles. The highest BCUT2D eigenvalue weighted by molar-refractivity contribution is 6.01. The second-order valence-corrected chi connectivity index (χ2v) is 5.68. The maximum atomic E-state index is 13.9. The summed E-state index contributed by atoms with van der Waals surface area (Å²) in [5.74, 6) is 0.547. The molecule has 1 fully saturated rings. The average Bonchev–Trinajstić information content (AvgIpc) is 3.16. The van der Waals surface area contributed by atoms with E-state index >= 15 is 0 Å². The lowest BCUT2D eigenvalue weighted by atomic mass is 10.2. The van der Waals surface area contributed by atoms with Crippen LogP contribution < -0.4 is 10.2 Å². The van der Waals surface area contributed by atoms with E-state index in [0.717, 1.165) is 5.69 Å². The number of aromatic nitrogens is 4. The molecule has 24 heavy (non-hydrogen) atoms. The van der Waals surface area contributed by atoms with Crippen molar-refractivity contribution in [2.75, 3.05) is 16.8 Å². The van der Waals surface area contributed by atoms with E-state index < -0.39 is 11.9 Å². The van der Waals surface area contributed by atoms with Gasteiger partial charge >= 0.3 is 0 Å². The summed E-state index contributed by atoms with van der Waals surface area (Å²) in [6.45, 7) is 2.31. The Bertz CT molecular complexity index is 924. The van der Waals surface area contributed by atoms with Gasteiger partial charge in [-0.1, -0.05) is 12.1 Å². The molecule has 1 aromatic carbocycles. The van der Waals surface area contributed by atoms with Gasteiger partial charge in [0.1, 0.15) is 24.0 Å². The van der Waals surface area contributed by atoms with Gasteiger partial charge in [-0.25, -0.2) is 9.37 Å². The molecule has 1 saturated heterocycles. The molecule has 2 aromatic heterocycles. The highest BCUT2D eigenvalue weighted by Crippen LogP contribution is 2.26. The minimum atomic E-state index is -0.446. The fraction of sp³-hybridized carbons (Fsp3) is 0.250. The van der Waals surface area contributed by atoms with E-state index in [9.17, 15) is 9.18 Å². The standard InChI is InChI=1S/C16H15FN6O/c1-10-8-14(23-16(20-10)18-9-19-23)21-12-6-7-22(15(12)24)13-5-3-2-4-11(13)17/h2-5,8-9,12,21H,6-7H2,1H3. The van der Waals surface area contributed by atoms with Gasteiger partial charge in [-0.15, -0.1) is 0 Å². The number of benzene rings is 1. The van der Waals surface area contributed by atoms with E-state index in [1.165, 1.54) is 17.3 Å². The van der Waals surface area contributed by atoms with Crippen molar-refractivity contribution in [3.05, 3.63) is 48.2 Å². The van der Waals surface area contributed by atoms with Crippen LogP contribution in [0.4, 0.5) is 15.9 Å². The van der Waals surface area contributed by atoms with Crippen LogP contribution in [0.25, 0.3) is 5.78 Å². The first-order chi connectivity index (χ1) is 11.6. The fourth-order valence-electron chi connectivity index (χ4n) is 2.94. The number of hydrogen-bond donors (Lipinski definition) is 1. The van der Waals surface area contributed by atoms with E-state index in [0.29, 0.717) is 30.2 Å². The number of carbonyl (C=O) groups excluding carboxylic acids is 1. The van der Waals surface area contributed by atoms with Gasteiger partial charge in [0.15, 0.2) is 0 Å². The Hall–Kier alpha value is -3.03. The number of carbonyl (C=O) groups is 1. The van der Waals surface area contributed by atoms with Crippen molar-refractivity contribution in [1.82, 2.24) is 19.6 Å². The zero-order valence-electron chi connectivity index (χ0n) is 13.0. The van der Waals surface area contributed by atoms with E-state index in [2.05, 4.69) is 20.4 Å². The molecule has 122 valence electrons. The summed E-state index contributed by atoms with van der Waals surface area (Å²) in [4.78, 5) is 22.5. The molecule has 0 radical (unpaired) electrons. The van der Waals surface area contributed by atoms with Gasteiger partial charge < -0.3 is 10.2 Å². The molecule has 0 spiro atoms. The van der Waals surface area contributed by atoms with Gasteiger partial charge in [0, 0.05) is 18.3 Å². The highest BCUT2D eigenvalue weighted by Gasteiger charge is 2.34. The first-order valence-electron chi connectivity index (χ1n) is 7.63. The largest absolute Gasteiger partial charge is 0.358 e. The molecule has 1 N–H and O–H groups in total. The number of anilines is 2. The zero-order valence-corrected chi connectivity index (χ0v) is 13.0. The third kappa shape index (κ3) is 2.36. The third-order valence-electron chi connectivity index (χ3n) is 4.05. The van der Waals surface area contributed by atoms with Crippen LogP contribution in [0.5, 0.6) is 0 Å². The van der Waals surface area contributed by atoms with Gasteiger partial charge in [0.2, 0.25) is 5.91 Å². The van der Waals surface area contributed by atoms with Crippen LogP contribution in [0.2, 0.25) is 0 Å². The maximum Gasteiger partial charge on any atom is 0.254 e. The van der Waals surface area contributed by atoms with Crippen molar-refractivity contribution in [1.29, 1.82) is 0 Å². The van der Waals surface area contributed by atoms with E-state index in [1.54, 1.807) is 28.8 Å². The van der Waals surface area contributed by atoms with Crippen molar-refractivity contribution in [3.63, 3.8) is 0 Å². The van der Waals surface area contributed by atoms with Crippen molar-refractivity contribution < 1.29 is 9.18 Å². The van der Waals surface area contributed by atoms with Gasteiger partial charge in [0.25, 0.3) is 5.78 Å². The molecular weight excluding hydrogens is 311 g/mol. The monoisotopic (exact) mass is 326 g/mol. The Morgan fingerprint density at radius 2 is 2.17 bits per heavy atom. The van der Waals surface area contributed by atoms with Gasteiger partial charge in [-0.05, 0) is 25.5 Å². The smallest absolute Gasteiger partial charge is 0.254 e. The molecule has 0 aliphatic carbocycles. The number of fused-ring (bicyclic) bond motifs is 1. The number of aryl methyl sites for hydroxylation is 1. The predicted molar refractivity (Wildman–Crippen MR) is 86.3 cm³/mol. The van der Waals surface area contributed by atoms with Crippen LogP contribution in [-0.2, 0) is 4.79 Å². The van der Waals surface area contributed by atoms with E-state index in [-0.39, 0.29) is 5.91 Å². The molecule has 1 amide bonds. The van der Waals surface area contributed by atoms with Crippen molar-refractivity contribution in [3.8, 4) is 0 Å². The first kappa shape index (κ1) is 14.6. The molecule has 1 aliphatic rings. The Kier molecular flexibility index (Phi) is 3.37. The zero-order chi connectivity index (χ0) is 16.7. The molecule has 1 unspecified atom stereocenters. The topological polar surface area (TPSA) is 75.4 Å². The van der Waals surface area contributed by atoms with Crippen LogP contribution in [0.3, 0.4) is 0 Å². The van der Waals surface area contributed by atoms with Crippen molar-refractivity contribution in [2.45, 2.75) is 19.4 Å². The number of nitrogens with one attached hydrogen (secondary N) is 1. The minimum absolute atomic E-state index is 0.164. The third-order valence-corrected chi connectivity index (χ3v) is 4.05. The van der Waals surface area contributed by atoms with Crippen LogP contribution in [-0.4, -0.2) is 38.1 Å². The maximum absolute atomic E-state index is 13.9. The molecule has 7 nitrogen and oxygen atoms in total. The fourth-order valence-corrected chi connectivity index (χ4v) is 2.94. The molecule has 0 bridgehead atoms. The van der Waals surface area contributed by atoms with Crippen LogP contribution in [0.1, 0.15) is 12.1 Å². The molecule has 8 heteroatoms.